The first-order chi connectivity index (χ1) is 8.04. The number of nitriles is 1. The summed E-state index contributed by atoms with van der Waals surface area (Å²) in [7, 11) is 0. The summed E-state index contributed by atoms with van der Waals surface area (Å²) in [5, 5.41) is 17.3. The zero-order chi connectivity index (χ0) is 12.8. The van der Waals surface area contributed by atoms with Gasteiger partial charge < -0.3 is 10.8 Å². The van der Waals surface area contributed by atoms with Crippen LogP contribution in [0, 0.1) is 23.1 Å². The van der Waals surface area contributed by atoms with E-state index in [-0.39, 0.29) is 30.7 Å². The van der Waals surface area contributed by atoms with Gasteiger partial charge in [0, 0.05) is 6.04 Å². The van der Waals surface area contributed by atoms with Crippen molar-refractivity contribution < 1.29 is 14.3 Å². The average molecular weight is 273 g/mol. The average Bonchev–Trinajstić information content (AvgIpc) is 2.30. The molecule has 4 nitrogen and oxygen atoms in total. The van der Waals surface area contributed by atoms with Crippen LogP contribution in [0.4, 0.5) is 4.39 Å². The Labute approximate surface area is 111 Å². The summed E-state index contributed by atoms with van der Waals surface area (Å²) < 4.78 is 12.7. The second kappa shape index (κ2) is 7.64. The Morgan fingerprint density at radius 3 is 2.39 bits per heavy atom. The molecule has 1 aromatic rings. The molecule has 0 aliphatic carbocycles. The number of rotatable bonds is 5. The maximum absolute atomic E-state index is 12.7. The van der Waals surface area contributed by atoms with E-state index in [1.165, 1.54) is 12.1 Å². The maximum Gasteiger partial charge on any atom is 0.320 e. The van der Waals surface area contributed by atoms with E-state index in [0.717, 1.165) is 5.56 Å². The largest absolute Gasteiger partial charge is 0.480 e. The second-order valence-electron chi connectivity index (χ2n) is 3.76. The summed E-state index contributed by atoms with van der Waals surface area (Å²) >= 11 is 0. The molecular weight excluding hydrogens is 259 g/mol. The van der Waals surface area contributed by atoms with E-state index in [1.54, 1.807) is 18.2 Å². The van der Waals surface area contributed by atoms with Gasteiger partial charge in [0.1, 0.15) is 11.7 Å². The monoisotopic (exact) mass is 272 g/mol. The molecule has 1 rings (SSSR count). The second-order valence-corrected chi connectivity index (χ2v) is 3.76. The van der Waals surface area contributed by atoms with Gasteiger partial charge in [0.15, 0.2) is 0 Å². The Balaban J connectivity index is 0.00000289. The molecule has 18 heavy (non-hydrogen) atoms. The molecule has 3 N–H and O–H groups in total. The smallest absolute Gasteiger partial charge is 0.320 e. The third-order valence-corrected chi connectivity index (χ3v) is 2.52. The molecular formula is C12H14ClFN2O2. The van der Waals surface area contributed by atoms with E-state index in [4.69, 9.17) is 16.1 Å². The fourth-order valence-corrected chi connectivity index (χ4v) is 1.47. The lowest BCUT2D eigenvalue weighted by Crippen LogP contribution is -2.16. The fraction of sp³-hybridized carbons (Fsp3) is 0.333. The first-order valence-corrected chi connectivity index (χ1v) is 5.18. The van der Waals surface area contributed by atoms with Crippen LogP contribution < -0.4 is 5.73 Å². The number of nitrogens with two attached hydrogens (primary N) is 1. The van der Waals surface area contributed by atoms with Crippen LogP contribution in [0.3, 0.4) is 0 Å². The molecule has 98 valence electrons. The SMILES string of the molecule is Cl.N#CC(CC[C@@H](N)c1ccc(F)cc1)C(=O)O. The van der Waals surface area contributed by atoms with E-state index in [0.29, 0.717) is 6.42 Å². The highest BCUT2D eigenvalue weighted by atomic mass is 35.5. The van der Waals surface area contributed by atoms with Crippen LogP contribution in [0.5, 0.6) is 0 Å². The van der Waals surface area contributed by atoms with E-state index in [1.807, 2.05) is 0 Å². The highest BCUT2D eigenvalue weighted by Crippen LogP contribution is 2.19. The van der Waals surface area contributed by atoms with E-state index < -0.39 is 11.9 Å². The Morgan fingerprint density at radius 1 is 1.39 bits per heavy atom. The molecule has 0 heterocycles. The van der Waals surface area contributed by atoms with Gasteiger partial charge in [-0.3, -0.25) is 4.79 Å². The van der Waals surface area contributed by atoms with Crippen molar-refractivity contribution in [1.29, 1.82) is 5.26 Å². The van der Waals surface area contributed by atoms with Gasteiger partial charge >= 0.3 is 5.97 Å². The number of carboxylic acids is 1. The van der Waals surface area contributed by atoms with Gasteiger partial charge in [0.25, 0.3) is 0 Å². The Bertz CT molecular complexity index is 431. The van der Waals surface area contributed by atoms with Crippen LogP contribution in [0.2, 0.25) is 0 Å². The molecule has 1 unspecified atom stereocenters. The molecule has 2 atom stereocenters. The third kappa shape index (κ3) is 4.70. The fourth-order valence-electron chi connectivity index (χ4n) is 1.47. The van der Waals surface area contributed by atoms with Crippen LogP contribution in [0.1, 0.15) is 24.4 Å². The van der Waals surface area contributed by atoms with Crippen LogP contribution >= 0.6 is 12.4 Å². The molecule has 0 spiro atoms. The van der Waals surface area contributed by atoms with Gasteiger partial charge in [-0.05, 0) is 30.5 Å². The van der Waals surface area contributed by atoms with Gasteiger partial charge in [0.05, 0.1) is 6.07 Å². The lowest BCUT2D eigenvalue weighted by atomic mass is 9.97. The molecule has 0 aliphatic rings. The molecule has 0 saturated heterocycles. The number of benzene rings is 1. The normalized spacial score (nSPS) is 12.9. The quantitative estimate of drug-likeness (QED) is 0.861. The lowest BCUT2D eigenvalue weighted by molar-refractivity contribution is -0.140. The van der Waals surface area contributed by atoms with Gasteiger partial charge in [-0.2, -0.15) is 5.26 Å². The molecule has 6 heteroatoms. The van der Waals surface area contributed by atoms with E-state index in [9.17, 15) is 9.18 Å². The molecule has 0 saturated carbocycles. The molecule has 0 bridgehead atoms. The molecule has 0 fully saturated rings. The predicted octanol–water partition coefficient (Wildman–Crippen LogP) is 2.25. The molecule has 1 aromatic carbocycles. The summed E-state index contributed by atoms with van der Waals surface area (Å²) in [6.07, 6.45) is 0.556. The maximum atomic E-state index is 12.7. The predicted molar refractivity (Wildman–Crippen MR) is 66.5 cm³/mol. The summed E-state index contributed by atoms with van der Waals surface area (Å²) in [6.45, 7) is 0. The van der Waals surface area contributed by atoms with Crippen molar-refractivity contribution >= 4 is 18.4 Å². The summed E-state index contributed by atoms with van der Waals surface area (Å²) in [5.74, 6) is -2.53. The van der Waals surface area contributed by atoms with Crippen molar-refractivity contribution in [2.45, 2.75) is 18.9 Å². The van der Waals surface area contributed by atoms with Crippen molar-refractivity contribution in [3.8, 4) is 6.07 Å². The lowest BCUT2D eigenvalue weighted by Gasteiger charge is -2.12. The Kier molecular flexibility index (Phi) is 6.94. The van der Waals surface area contributed by atoms with Crippen LogP contribution in [-0.2, 0) is 4.79 Å². The van der Waals surface area contributed by atoms with E-state index in [2.05, 4.69) is 0 Å². The number of hydrogen-bond donors (Lipinski definition) is 2. The van der Waals surface area contributed by atoms with Crippen molar-refractivity contribution in [3.05, 3.63) is 35.6 Å². The number of carbonyl (C=O) groups is 1. The van der Waals surface area contributed by atoms with Crippen molar-refractivity contribution in [2.24, 2.45) is 11.7 Å². The first-order valence-electron chi connectivity index (χ1n) is 5.18. The van der Waals surface area contributed by atoms with Crippen LogP contribution in [-0.4, -0.2) is 11.1 Å². The Morgan fingerprint density at radius 2 is 1.94 bits per heavy atom. The number of aliphatic carboxylic acids is 1. The minimum atomic E-state index is -1.14. The van der Waals surface area contributed by atoms with Crippen molar-refractivity contribution in [2.75, 3.05) is 0 Å². The number of carboxylic acid groups (broad SMARTS) is 1. The zero-order valence-electron chi connectivity index (χ0n) is 9.54. The van der Waals surface area contributed by atoms with Gasteiger partial charge in [-0.25, -0.2) is 4.39 Å². The molecule has 0 aromatic heterocycles. The molecule has 0 radical (unpaired) electrons. The number of hydrogen-bond acceptors (Lipinski definition) is 3. The van der Waals surface area contributed by atoms with Gasteiger partial charge in [0.2, 0.25) is 0 Å². The highest BCUT2D eigenvalue weighted by molar-refractivity contribution is 5.85. The van der Waals surface area contributed by atoms with Crippen LogP contribution in [0.15, 0.2) is 24.3 Å². The molecule has 0 amide bonds. The number of halogens is 2. The van der Waals surface area contributed by atoms with Gasteiger partial charge in [-0.15, -0.1) is 12.4 Å². The summed E-state index contributed by atoms with van der Waals surface area (Å²) in [6, 6.07) is 7.03. The minimum Gasteiger partial charge on any atom is -0.480 e. The number of nitrogens with zero attached hydrogens (tertiary/aromatic N) is 1. The summed E-state index contributed by atoms with van der Waals surface area (Å²) in [4.78, 5) is 10.6. The van der Waals surface area contributed by atoms with Crippen molar-refractivity contribution in [3.63, 3.8) is 0 Å². The van der Waals surface area contributed by atoms with Gasteiger partial charge in [-0.1, -0.05) is 12.1 Å². The standard InChI is InChI=1S/C12H13FN2O2.ClH/c13-10-4-1-8(2-5-10)11(15)6-3-9(7-14)12(16)17;/h1-2,4-5,9,11H,3,6,15H2,(H,16,17);1H/t9?,11-;/m1./s1. The topological polar surface area (TPSA) is 87.1 Å². The molecule has 0 aliphatic heterocycles. The Hall–Kier alpha value is -1.64. The zero-order valence-corrected chi connectivity index (χ0v) is 10.4. The van der Waals surface area contributed by atoms with Crippen LogP contribution in [0.25, 0.3) is 0 Å². The third-order valence-electron chi connectivity index (χ3n) is 2.52. The van der Waals surface area contributed by atoms with Crippen molar-refractivity contribution in [1.82, 2.24) is 0 Å². The minimum absolute atomic E-state index is 0. The first kappa shape index (κ1) is 16.4. The summed E-state index contributed by atoms with van der Waals surface area (Å²) in [5.41, 5.74) is 6.55. The highest BCUT2D eigenvalue weighted by Gasteiger charge is 2.18. The van der Waals surface area contributed by atoms with E-state index >= 15 is 0 Å².